The number of ether oxygens (including phenoxy) is 1. The van der Waals surface area contributed by atoms with E-state index in [1.807, 2.05) is 0 Å². The number of hydrogen-bond acceptors (Lipinski definition) is 5. The average Bonchev–Trinajstić information content (AvgIpc) is 2.94. The summed E-state index contributed by atoms with van der Waals surface area (Å²) in [6, 6.07) is 0. The van der Waals surface area contributed by atoms with Crippen molar-refractivity contribution in [2.24, 2.45) is 0 Å². The Bertz CT molecular complexity index is 285. The summed E-state index contributed by atoms with van der Waals surface area (Å²) in [6.07, 6.45) is 3.54. The first-order valence-corrected chi connectivity index (χ1v) is 5.74. The predicted molar refractivity (Wildman–Crippen MR) is 56.9 cm³/mol. The number of nitrogens with zero attached hydrogens (tertiary/aromatic N) is 2. The van der Waals surface area contributed by atoms with Crippen molar-refractivity contribution in [1.29, 1.82) is 0 Å². The standard InChI is InChI=1S/C9H15N3OS/c1-13-6-2-5-10-9-11-8(12-14-9)7-3-4-7/h7H,2-6H2,1H3,(H,10,11,12). The summed E-state index contributed by atoms with van der Waals surface area (Å²) in [4.78, 5) is 4.43. The summed E-state index contributed by atoms with van der Waals surface area (Å²) in [6.45, 7) is 1.70. The van der Waals surface area contributed by atoms with Crippen molar-refractivity contribution in [3.8, 4) is 0 Å². The molecule has 78 valence electrons. The van der Waals surface area contributed by atoms with Gasteiger partial charge in [0.15, 0.2) is 0 Å². The zero-order chi connectivity index (χ0) is 9.80. The van der Waals surface area contributed by atoms with Crippen molar-refractivity contribution in [3.05, 3.63) is 5.82 Å². The number of aromatic nitrogens is 2. The zero-order valence-electron chi connectivity index (χ0n) is 8.32. The Hall–Kier alpha value is -0.680. The Balaban J connectivity index is 1.72. The van der Waals surface area contributed by atoms with Crippen LogP contribution in [0.3, 0.4) is 0 Å². The summed E-state index contributed by atoms with van der Waals surface area (Å²) in [5.41, 5.74) is 0. The third kappa shape index (κ3) is 2.65. The predicted octanol–water partition coefficient (Wildman–Crippen LogP) is 1.86. The van der Waals surface area contributed by atoms with Crippen LogP contribution in [0.1, 0.15) is 31.0 Å². The minimum Gasteiger partial charge on any atom is -0.385 e. The Morgan fingerprint density at radius 1 is 1.57 bits per heavy atom. The molecule has 5 heteroatoms. The van der Waals surface area contributed by atoms with Gasteiger partial charge in [0.2, 0.25) is 5.13 Å². The van der Waals surface area contributed by atoms with Crippen molar-refractivity contribution in [2.75, 3.05) is 25.6 Å². The van der Waals surface area contributed by atoms with Crippen LogP contribution in [-0.2, 0) is 4.74 Å². The molecule has 0 saturated heterocycles. The van der Waals surface area contributed by atoms with E-state index >= 15 is 0 Å². The summed E-state index contributed by atoms with van der Waals surface area (Å²) < 4.78 is 9.27. The Morgan fingerprint density at radius 2 is 2.43 bits per heavy atom. The number of hydrogen-bond donors (Lipinski definition) is 1. The molecule has 0 bridgehead atoms. The molecule has 1 heterocycles. The monoisotopic (exact) mass is 213 g/mol. The molecule has 2 rings (SSSR count). The van der Waals surface area contributed by atoms with Crippen LogP contribution in [0, 0.1) is 0 Å². The molecule has 1 aromatic heterocycles. The van der Waals surface area contributed by atoms with Crippen molar-refractivity contribution in [1.82, 2.24) is 9.36 Å². The number of nitrogens with one attached hydrogen (secondary N) is 1. The van der Waals surface area contributed by atoms with Crippen molar-refractivity contribution in [2.45, 2.75) is 25.2 Å². The first kappa shape index (κ1) is 9.86. The van der Waals surface area contributed by atoms with Gasteiger partial charge in [-0.2, -0.15) is 4.37 Å². The molecule has 1 aromatic rings. The lowest BCUT2D eigenvalue weighted by molar-refractivity contribution is 0.198. The van der Waals surface area contributed by atoms with Gasteiger partial charge in [-0.25, -0.2) is 4.98 Å². The van der Waals surface area contributed by atoms with Gasteiger partial charge >= 0.3 is 0 Å². The summed E-state index contributed by atoms with van der Waals surface area (Å²) in [7, 11) is 1.72. The van der Waals surface area contributed by atoms with Gasteiger partial charge < -0.3 is 10.1 Å². The molecule has 0 aromatic carbocycles. The molecule has 4 nitrogen and oxygen atoms in total. The van der Waals surface area contributed by atoms with Crippen LogP contribution in [-0.4, -0.2) is 29.6 Å². The molecular weight excluding hydrogens is 198 g/mol. The van der Waals surface area contributed by atoms with Crippen LogP contribution < -0.4 is 5.32 Å². The van der Waals surface area contributed by atoms with Gasteiger partial charge in [0.1, 0.15) is 5.82 Å². The minimum atomic E-state index is 0.653. The lowest BCUT2D eigenvalue weighted by Gasteiger charge is -1.99. The molecule has 1 saturated carbocycles. The van der Waals surface area contributed by atoms with Gasteiger partial charge in [0, 0.05) is 37.7 Å². The highest BCUT2D eigenvalue weighted by Gasteiger charge is 2.27. The van der Waals surface area contributed by atoms with Gasteiger partial charge in [-0.15, -0.1) is 0 Å². The van der Waals surface area contributed by atoms with E-state index in [0.717, 1.165) is 30.5 Å². The molecule has 0 amide bonds. The van der Waals surface area contributed by atoms with E-state index in [9.17, 15) is 0 Å². The van der Waals surface area contributed by atoms with Crippen molar-refractivity contribution >= 4 is 16.7 Å². The second-order valence-corrected chi connectivity index (χ2v) is 4.26. The second-order valence-electron chi connectivity index (χ2n) is 3.51. The fourth-order valence-corrected chi connectivity index (χ4v) is 1.90. The number of anilines is 1. The Morgan fingerprint density at radius 3 is 3.14 bits per heavy atom. The number of methoxy groups -OCH3 is 1. The molecule has 1 fully saturated rings. The van der Waals surface area contributed by atoms with Gasteiger partial charge in [-0.3, -0.25) is 0 Å². The molecule has 0 atom stereocenters. The van der Waals surface area contributed by atoms with E-state index in [-0.39, 0.29) is 0 Å². The molecule has 0 radical (unpaired) electrons. The zero-order valence-corrected chi connectivity index (χ0v) is 9.14. The van der Waals surface area contributed by atoms with E-state index < -0.39 is 0 Å². The summed E-state index contributed by atoms with van der Waals surface area (Å²) >= 11 is 1.46. The normalized spacial score (nSPS) is 15.8. The van der Waals surface area contributed by atoms with E-state index in [2.05, 4.69) is 14.7 Å². The second kappa shape index (κ2) is 4.70. The highest BCUT2D eigenvalue weighted by molar-refractivity contribution is 7.09. The summed E-state index contributed by atoms with van der Waals surface area (Å²) in [5.74, 6) is 1.69. The molecule has 14 heavy (non-hydrogen) atoms. The highest BCUT2D eigenvalue weighted by atomic mass is 32.1. The molecule has 1 aliphatic carbocycles. The largest absolute Gasteiger partial charge is 0.385 e. The fourth-order valence-electron chi connectivity index (χ4n) is 1.23. The average molecular weight is 213 g/mol. The fraction of sp³-hybridized carbons (Fsp3) is 0.778. The van der Waals surface area contributed by atoms with Crippen LogP contribution in [0.2, 0.25) is 0 Å². The molecule has 1 aliphatic rings. The van der Waals surface area contributed by atoms with Crippen LogP contribution in [0.4, 0.5) is 5.13 Å². The Labute approximate surface area is 87.9 Å². The van der Waals surface area contributed by atoms with Crippen LogP contribution in [0.15, 0.2) is 0 Å². The lowest BCUT2D eigenvalue weighted by atomic mass is 10.4. The Kier molecular flexibility index (Phi) is 3.31. The molecular formula is C9H15N3OS. The van der Waals surface area contributed by atoms with Gasteiger partial charge in [0.25, 0.3) is 0 Å². The van der Waals surface area contributed by atoms with Crippen LogP contribution in [0.5, 0.6) is 0 Å². The third-order valence-corrected chi connectivity index (χ3v) is 2.87. The molecule has 1 N–H and O–H groups in total. The first-order valence-electron chi connectivity index (χ1n) is 4.96. The maximum Gasteiger partial charge on any atom is 0.202 e. The van der Waals surface area contributed by atoms with E-state index in [0.29, 0.717) is 5.92 Å². The summed E-state index contributed by atoms with van der Waals surface area (Å²) in [5, 5.41) is 4.19. The topological polar surface area (TPSA) is 47.0 Å². The highest BCUT2D eigenvalue weighted by Crippen LogP contribution is 2.39. The smallest absolute Gasteiger partial charge is 0.202 e. The molecule has 0 aliphatic heterocycles. The maximum atomic E-state index is 4.96. The third-order valence-electron chi connectivity index (χ3n) is 2.19. The quantitative estimate of drug-likeness (QED) is 0.733. The molecule has 0 unspecified atom stereocenters. The van der Waals surface area contributed by atoms with E-state index in [4.69, 9.17) is 4.74 Å². The SMILES string of the molecule is COCCCNc1nc(C2CC2)ns1. The van der Waals surface area contributed by atoms with E-state index in [1.165, 1.54) is 24.4 Å². The van der Waals surface area contributed by atoms with Gasteiger partial charge in [-0.1, -0.05) is 0 Å². The molecule has 0 spiro atoms. The first-order chi connectivity index (χ1) is 6.90. The van der Waals surface area contributed by atoms with Gasteiger partial charge in [0.05, 0.1) is 0 Å². The maximum absolute atomic E-state index is 4.96. The van der Waals surface area contributed by atoms with E-state index in [1.54, 1.807) is 7.11 Å². The van der Waals surface area contributed by atoms with Crippen molar-refractivity contribution in [3.63, 3.8) is 0 Å². The minimum absolute atomic E-state index is 0.653. The van der Waals surface area contributed by atoms with Crippen LogP contribution in [0.25, 0.3) is 0 Å². The van der Waals surface area contributed by atoms with Crippen molar-refractivity contribution < 1.29 is 4.74 Å². The number of rotatable bonds is 6. The van der Waals surface area contributed by atoms with Crippen LogP contribution >= 0.6 is 11.5 Å². The lowest BCUT2D eigenvalue weighted by Crippen LogP contribution is -2.04. The van der Waals surface area contributed by atoms with Gasteiger partial charge in [-0.05, 0) is 19.3 Å².